The van der Waals surface area contributed by atoms with Gasteiger partial charge < -0.3 is 15.4 Å². The molecule has 4 aliphatic rings. The Hall–Kier alpha value is -0.0900. The number of hydrogen-bond donors (Lipinski definition) is 2. The molecule has 2 aliphatic carbocycles. The van der Waals surface area contributed by atoms with Gasteiger partial charge in [-0.05, 0) is 38.5 Å². The summed E-state index contributed by atoms with van der Waals surface area (Å²) in [5.74, 6) is 2.25. The first-order valence-electron chi connectivity index (χ1n) is 9.91. The fourth-order valence-corrected chi connectivity index (χ4v) is 7.46. The maximum atomic E-state index is 11.6. The average Bonchev–Trinajstić information content (AvgIpc) is 3.28. The molecular formula is C18H32IN3O3S. The minimum atomic E-state index is -2.83. The van der Waals surface area contributed by atoms with Crippen LogP contribution < -0.4 is 10.6 Å². The molecule has 0 amide bonds. The van der Waals surface area contributed by atoms with E-state index in [1.54, 1.807) is 0 Å². The van der Waals surface area contributed by atoms with Crippen molar-refractivity contribution in [2.75, 3.05) is 31.2 Å². The molecule has 4 rings (SSSR count). The Kier molecular flexibility index (Phi) is 6.44. The molecule has 6 nitrogen and oxygen atoms in total. The Labute approximate surface area is 174 Å². The SMILES string of the molecule is CCNC(=NCC1CCS(=O)(=O)C1)NC1C2CCOC2C12CCCC2.I. The summed E-state index contributed by atoms with van der Waals surface area (Å²) in [5.41, 5.74) is 0.300. The molecule has 1 spiro atoms. The monoisotopic (exact) mass is 497 g/mol. The Morgan fingerprint density at radius 2 is 2.04 bits per heavy atom. The molecule has 2 saturated carbocycles. The molecule has 2 N–H and O–H groups in total. The Balaban J connectivity index is 0.00000196. The number of nitrogens with one attached hydrogen (secondary N) is 2. The summed E-state index contributed by atoms with van der Waals surface area (Å²) >= 11 is 0. The number of hydrogen-bond acceptors (Lipinski definition) is 4. The van der Waals surface area contributed by atoms with Crippen molar-refractivity contribution >= 4 is 39.8 Å². The molecule has 0 aromatic carbocycles. The number of halogens is 1. The van der Waals surface area contributed by atoms with Crippen LogP contribution in [0.25, 0.3) is 0 Å². The van der Waals surface area contributed by atoms with Crippen LogP contribution in [0, 0.1) is 17.3 Å². The highest BCUT2D eigenvalue weighted by Crippen LogP contribution is 2.60. The highest BCUT2D eigenvalue weighted by Gasteiger charge is 2.65. The van der Waals surface area contributed by atoms with Crippen molar-refractivity contribution < 1.29 is 13.2 Å². The first kappa shape index (κ1) is 20.6. The fraction of sp³-hybridized carbons (Fsp3) is 0.944. The van der Waals surface area contributed by atoms with Crippen molar-refractivity contribution in [3.63, 3.8) is 0 Å². The summed E-state index contributed by atoms with van der Waals surface area (Å²) in [5, 5.41) is 7.07. The lowest BCUT2D eigenvalue weighted by Crippen LogP contribution is -2.69. The van der Waals surface area contributed by atoms with Crippen LogP contribution in [-0.2, 0) is 14.6 Å². The van der Waals surface area contributed by atoms with Gasteiger partial charge in [-0.2, -0.15) is 0 Å². The molecule has 4 unspecified atom stereocenters. The molecule has 0 aromatic heterocycles. The van der Waals surface area contributed by atoms with Crippen LogP contribution in [0.5, 0.6) is 0 Å². The summed E-state index contributed by atoms with van der Waals surface area (Å²) in [4.78, 5) is 4.74. The second-order valence-electron chi connectivity index (χ2n) is 8.29. The van der Waals surface area contributed by atoms with E-state index in [4.69, 9.17) is 9.73 Å². The summed E-state index contributed by atoms with van der Waals surface area (Å²) in [6.45, 7) is 4.38. The Morgan fingerprint density at radius 3 is 2.69 bits per heavy atom. The summed E-state index contributed by atoms with van der Waals surface area (Å²) in [6.07, 6.45) is 7.45. The smallest absolute Gasteiger partial charge is 0.191 e. The third kappa shape index (κ3) is 3.74. The molecule has 26 heavy (non-hydrogen) atoms. The first-order chi connectivity index (χ1) is 12.0. The lowest BCUT2D eigenvalue weighted by Gasteiger charge is -2.57. The van der Waals surface area contributed by atoms with Gasteiger partial charge in [0.1, 0.15) is 0 Å². The molecule has 2 aliphatic heterocycles. The maximum Gasteiger partial charge on any atom is 0.191 e. The summed E-state index contributed by atoms with van der Waals surface area (Å²) in [7, 11) is -2.83. The molecule has 150 valence electrons. The number of ether oxygens (including phenoxy) is 1. The Bertz CT molecular complexity index is 634. The third-order valence-electron chi connectivity index (χ3n) is 6.76. The van der Waals surface area contributed by atoms with E-state index in [1.165, 1.54) is 25.7 Å². The van der Waals surface area contributed by atoms with Crippen LogP contribution in [0.1, 0.15) is 45.4 Å². The summed E-state index contributed by atoms with van der Waals surface area (Å²) < 4.78 is 29.3. The molecule has 0 bridgehead atoms. The number of aliphatic imine (C=N–C) groups is 1. The van der Waals surface area contributed by atoms with Crippen molar-refractivity contribution in [2.24, 2.45) is 22.2 Å². The average molecular weight is 497 g/mol. The quantitative estimate of drug-likeness (QED) is 0.353. The van der Waals surface area contributed by atoms with Crippen LogP contribution in [0.3, 0.4) is 0 Å². The van der Waals surface area contributed by atoms with Crippen LogP contribution in [0.2, 0.25) is 0 Å². The van der Waals surface area contributed by atoms with Crippen LogP contribution >= 0.6 is 24.0 Å². The van der Waals surface area contributed by atoms with Crippen molar-refractivity contribution in [1.29, 1.82) is 0 Å². The van der Waals surface area contributed by atoms with Crippen LogP contribution in [0.15, 0.2) is 4.99 Å². The summed E-state index contributed by atoms with van der Waals surface area (Å²) in [6, 6.07) is 0.451. The minimum Gasteiger partial charge on any atom is -0.377 e. The number of guanidine groups is 1. The van der Waals surface area contributed by atoms with Gasteiger partial charge in [0.15, 0.2) is 15.8 Å². The molecular weight excluding hydrogens is 465 g/mol. The van der Waals surface area contributed by atoms with E-state index < -0.39 is 9.84 Å². The zero-order valence-corrected chi connectivity index (χ0v) is 18.7. The fourth-order valence-electron chi connectivity index (χ4n) is 5.61. The van der Waals surface area contributed by atoms with Crippen molar-refractivity contribution in [3.8, 4) is 0 Å². The van der Waals surface area contributed by atoms with E-state index in [0.29, 0.717) is 41.5 Å². The van der Waals surface area contributed by atoms with Gasteiger partial charge in [-0.3, -0.25) is 4.99 Å². The van der Waals surface area contributed by atoms with Gasteiger partial charge in [0, 0.05) is 37.1 Å². The van der Waals surface area contributed by atoms with Crippen molar-refractivity contribution in [2.45, 2.75) is 57.6 Å². The normalized spacial score (nSPS) is 37.0. The zero-order chi connectivity index (χ0) is 17.5. The van der Waals surface area contributed by atoms with Gasteiger partial charge in [0.2, 0.25) is 0 Å². The van der Waals surface area contributed by atoms with Crippen molar-refractivity contribution in [3.05, 3.63) is 0 Å². The number of sulfone groups is 1. The highest BCUT2D eigenvalue weighted by molar-refractivity contribution is 14.0. The van der Waals surface area contributed by atoms with Gasteiger partial charge in [-0.15, -0.1) is 24.0 Å². The lowest BCUT2D eigenvalue weighted by molar-refractivity contribution is -0.125. The molecule has 8 heteroatoms. The third-order valence-corrected chi connectivity index (χ3v) is 8.59. The molecule has 0 aromatic rings. The highest BCUT2D eigenvalue weighted by atomic mass is 127. The molecule has 0 radical (unpaired) electrons. The number of rotatable bonds is 4. The maximum absolute atomic E-state index is 11.6. The van der Waals surface area contributed by atoms with Crippen molar-refractivity contribution in [1.82, 2.24) is 10.6 Å². The Morgan fingerprint density at radius 1 is 1.27 bits per heavy atom. The van der Waals surface area contributed by atoms with Gasteiger partial charge in [-0.25, -0.2) is 8.42 Å². The predicted molar refractivity (Wildman–Crippen MR) is 114 cm³/mol. The van der Waals surface area contributed by atoms with E-state index in [1.807, 2.05) is 0 Å². The largest absolute Gasteiger partial charge is 0.377 e. The standard InChI is InChI=1S/C18H31N3O3S.HI/c1-2-19-17(20-11-13-6-10-25(22,23)12-13)21-15-14-5-9-24-16(14)18(15)7-3-4-8-18;/h13-16H,2-12H2,1H3,(H2,19,20,21);1H. The number of nitrogens with zero attached hydrogens (tertiary/aromatic N) is 1. The first-order valence-corrected chi connectivity index (χ1v) is 11.7. The number of fused-ring (bicyclic) bond motifs is 2. The molecule has 4 fully saturated rings. The van der Waals surface area contributed by atoms with Crippen LogP contribution in [0.4, 0.5) is 0 Å². The van der Waals surface area contributed by atoms with Gasteiger partial charge >= 0.3 is 0 Å². The van der Waals surface area contributed by atoms with Gasteiger partial charge in [0.05, 0.1) is 17.6 Å². The molecule has 2 saturated heterocycles. The van der Waals surface area contributed by atoms with Gasteiger partial charge in [-0.1, -0.05) is 12.8 Å². The van der Waals surface area contributed by atoms with Crippen LogP contribution in [-0.4, -0.2) is 57.7 Å². The van der Waals surface area contributed by atoms with E-state index in [2.05, 4.69) is 17.6 Å². The van der Waals surface area contributed by atoms with E-state index in [9.17, 15) is 8.42 Å². The van der Waals surface area contributed by atoms with E-state index in [-0.39, 0.29) is 29.9 Å². The minimum absolute atomic E-state index is 0. The molecule has 2 heterocycles. The second kappa shape index (κ2) is 8.11. The van der Waals surface area contributed by atoms with E-state index in [0.717, 1.165) is 32.0 Å². The van der Waals surface area contributed by atoms with Gasteiger partial charge in [0.25, 0.3) is 0 Å². The van der Waals surface area contributed by atoms with E-state index >= 15 is 0 Å². The second-order valence-corrected chi connectivity index (χ2v) is 10.5. The molecule has 4 atom stereocenters. The predicted octanol–water partition coefficient (Wildman–Crippen LogP) is 1.94. The topological polar surface area (TPSA) is 79.8 Å². The lowest BCUT2D eigenvalue weighted by atomic mass is 9.54. The zero-order valence-electron chi connectivity index (χ0n) is 15.6.